The van der Waals surface area contributed by atoms with Gasteiger partial charge < -0.3 is 10.3 Å². The molecule has 3 heteroatoms. The van der Waals surface area contributed by atoms with E-state index in [4.69, 9.17) is 10.3 Å². The summed E-state index contributed by atoms with van der Waals surface area (Å²) in [4.78, 5) is 0. The number of hydrogen-bond donors (Lipinski definition) is 1. The molecule has 1 aromatic heterocycles. The third-order valence-corrected chi connectivity index (χ3v) is 3.27. The van der Waals surface area contributed by atoms with E-state index in [2.05, 4.69) is 19.0 Å². The molecule has 2 atom stereocenters. The molecular formula is C10H16N2O. The molecule has 0 spiro atoms. The first-order valence-electron chi connectivity index (χ1n) is 4.70. The van der Waals surface area contributed by atoms with Crippen LogP contribution in [-0.4, -0.2) is 11.7 Å². The Morgan fingerprint density at radius 1 is 1.62 bits per heavy atom. The summed E-state index contributed by atoms with van der Waals surface area (Å²) in [5, 5.41) is 4.04. The molecule has 0 saturated heterocycles. The molecule has 3 nitrogen and oxygen atoms in total. The van der Waals surface area contributed by atoms with Gasteiger partial charge in [0.2, 0.25) is 0 Å². The van der Waals surface area contributed by atoms with Crippen LogP contribution in [-0.2, 0) is 0 Å². The summed E-state index contributed by atoms with van der Waals surface area (Å²) < 4.78 is 5.06. The van der Waals surface area contributed by atoms with Gasteiger partial charge in [-0.15, -0.1) is 0 Å². The van der Waals surface area contributed by atoms with E-state index < -0.39 is 0 Å². The van der Waals surface area contributed by atoms with Gasteiger partial charge in [-0.25, -0.2) is 0 Å². The van der Waals surface area contributed by atoms with Crippen molar-refractivity contribution in [2.75, 3.05) is 6.54 Å². The van der Waals surface area contributed by atoms with Gasteiger partial charge in [-0.3, -0.25) is 0 Å². The zero-order chi connectivity index (χ0) is 9.64. The fourth-order valence-electron chi connectivity index (χ4n) is 2.30. The van der Waals surface area contributed by atoms with E-state index in [1.54, 1.807) is 0 Å². The van der Waals surface area contributed by atoms with Gasteiger partial charge in [0, 0.05) is 12.0 Å². The van der Waals surface area contributed by atoms with E-state index in [0.717, 1.165) is 18.0 Å². The molecule has 2 rings (SSSR count). The first kappa shape index (κ1) is 8.75. The molecule has 1 aromatic rings. The van der Waals surface area contributed by atoms with Crippen molar-refractivity contribution in [2.24, 2.45) is 17.1 Å². The Labute approximate surface area is 78.3 Å². The van der Waals surface area contributed by atoms with Crippen molar-refractivity contribution in [3.8, 4) is 0 Å². The predicted molar refractivity (Wildman–Crippen MR) is 50.3 cm³/mol. The second kappa shape index (κ2) is 2.58. The van der Waals surface area contributed by atoms with Crippen LogP contribution in [0.5, 0.6) is 0 Å². The lowest BCUT2D eigenvalue weighted by Crippen LogP contribution is -2.05. The number of nitrogens with two attached hydrogens (primary N) is 1. The Kier molecular flexibility index (Phi) is 1.74. The first-order chi connectivity index (χ1) is 6.07. The molecular weight excluding hydrogens is 164 g/mol. The summed E-state index contributed by atoms with van der Waals surface area (Å²) in [7, 11) is 0. The molecule has 72 valence electrons. The Hall–Kier alpha value is -0.830. The summed E-state index contributed by atoms with van der Waals surface area (Å²) in [6.45, 7) is 7.13. The van der Waals surface area contributed by atoms with E-state index in [1.807, 2.05) is 13.0 Å². The number of rotatable bonds is 2. The van der Waals surface area contributed by atoms with Crippen LogP contribution in [0.15, 0.2) is 10.6 Å². The van der Waals surface area contributed by atoms with Gasteiger partial charge in [-0.05, 0) is 24.8 Å². The van der Waals surface area contributed by atoms with Crippen LogP contribution < -0.4 is 5.73 Å². The SMILES string of the molecule is Cc1cc(C2C(CN)C2(C)C)no1. The molecule has 1 fully saturated rings. The highest BCUT2D eigenvalue weighted by atomic mass is 16.5. The zero-order valence-corrected chi connectivity index (χ0v) is 8.37. The van der Waals surface area contributed by atoms with Gasteiger partial charge in [0.25, 0.3) is 0 Å². The molecule has 0 amide bonds. The zero-order valence-electron chi connectivity index (χ0n) is 8.37. The normalized spacial score (nSPS) is 30.5. The number of aromatic nitrogens is 1. The molecule has 0 aliphatic heterocycles. The van der Waals surface area contributed by atoms with Crippen LogP contribution >= 0.6 is 0 Å². The van der Waals surface area contributed by atoms with Crippen molar-refractivity contribution >= 4 is 0 Å². The number of hydrogen-bond acceptors (Lipinski definition) is 3. The van der Waals surface area contributed by atoms with Crippen LogP contribution in [0.2, 0.25) is 0 Å². The topological polar surface area (TPSA) is 52.0 Å². The maximum atomic E-state index is 5.69. The van der Waals surface area contributed by atoms with Crippen LogP contribution in [0.25, 0.3) is 0 Å². The average Bonchev–Trinajstić information content (AvgIpc) is 2.41. The Morgan fingerprint density at radius 3 is 2.69 bits per heavy atom. The second-order valence-electron chi connectivity index (χ2n) is 4.50. The predicted octanol–water partition coefficient (Wildman–Crippen LogP) is 1.68. The van der Waals surface area contributed by atoms with Gasteiger partial charge in [-0.2, -0.15) is 0 Å². The summed E-state index contributed by atoms with van der Waals surface area (Å²) in [6, 6.07) is 2.02. The highest BCUT2D eigenvalue weighted by Gasteiger charge is 2.58. The Balaban J connectivity index is 2.21. The molecule has 1 heterocycles. The lowest BCUT2D eigenvalue weighted by Gasteiger charge is -1.97. The van der Waals surface area contributed by atoms with Crippen molar-refractivity contribution in [1.29, 1.82) is 0 Å². The van der Waals surface area contributed by atoms with Crippen molar-refractivity contribution in [3.63, 3.8) is 0 Å². The van der Waals surface area contributed by atoms with Gasteiger partial charge in [0.1, 0.15) is 5.76 Å². The second-order valence-corrected chi connectivity index (χ2v) is 4.50. The van der Waals surface area contributed by atoms with E-state index in [-0.39, 0.29) is 0 Å². The fourth-order valence-corrected chi connectivity index (χ4v) is 2.30. The van der Waals surface area contributed by atoms with Gasteiger partial charge in [0.15, 0.2) is 0 Å². The standard InChI is InChI=1S/C10H16N2O/c1-6-4-8(12-13-6)9-7(5-11)10(9,2)3/h4,7,9H,5,11H2,1-3H3. The summed E-state index contributed by atoms with van der Waals surface area (Å²) in [6.07, 6.45) is 0. The molecule has 2 N–H and O–H groups in total. The van der Waals surface area contributed by atoms with Gasteiger partial charge in [-0.1, -0.05) is 19.0 Å². The van der Waals surface area contributed by atoms with Crippen LogP contribution in [0, 0.1) is 18.3 Å². The Bertz CT molecular complexity index is 316. The monoisotopic (exact) mass is 180 g/mol. The quantitative estimate of drug-likeness (QED) is 0.753. The van der Waals surface area contributed by atoms with Gasteiger partial charge >= 0.3 is 0 Å². The Morgan fingerprint density at radius 2 is 2.31 bits per heavy atom. The molecule has 2 unspecified atom stereocenters. The molecule has 1 aliphatic rings. The van der Waals surface area contributed by atoms with Crippen molar-refractivity contribution < 1.29 is 4.52 Å². The molecule has 0 aromatic carbocycles. The average molecular weight is 180 g/mol. The van der Waals surface area contributed by atoms with Gasteiger partial charge in [0.05, 0.1) is 5.69 Å². The lowest BCUT2D eigenvalue weighted by atomic mass is 10.1. The summed E-state index contributed by atoms with van der Waals surface area (Å²) >= 11 is 0. The van der Waals surface area contributed by atoms with Crippen LogP contribution in [0.4, 0.5) is 0 Å². The van der Waals surface area contributed by atoms with E-state index in [1.165, 1.54) is 0 Å². The molecule has 13 heavy (non-hydrogen) atoms. The smallest absolute Gasteiger partial charge is 0.133 e. The molecule has 0 bridgehead atoms. The van der Waals surface area contributed by atoms with Crippen molar-refractivity contribution in [1.82, 2.24) is 5.16 Å². The first-order valence-corrected chi connectivity index (χ1v) is 4.70. The van der Waals surface area contributed by atoms with Crippen molar-refractivity contribution in [2.45, 2.75) is 26.7 Å². The maximum Gasteiger partial charge on any atom is 0.133 e. The van der Waals surface area contributed by atoms with Crippen LogP contribution in [0.3, 0.4) is 0 Å². The van der Waals surface area contributed by atoms with E-state index >= 15 is 0 Å². The fraction of sp³-hybridized carbons (Fsp3) is 0.700. The molecule has 1 aliphatic carbocycles. The third-order valence-electron chi connectivity index (χ3n) is 3.27. The van der Waals surface area contributed by atoms with Crippen molar-refractivity contribution in [3.05, 3.63) is 17.5 Å². The van der Waals surface area contributed by atoms with E-state index in [0.29, 0.717) is 17.3 Å². The highest BCUT2D eigenvalue weighted by Crippen LogP contribution is 2.63. The largest absolute Gasteiger partial charge is 0.361 e. The third kappa shape index (κ3) is 1.18. The van der Waals surface area contributed by atoms with Crippen LogP contribution in [0.1, 0.15) is 31.2 Å². The molecule has 0 radical (unpaired) electrons. The minimum Gasteiger partial charge on any atom is -0.361 e. The summed E-state index contributed by atoms with van der Waals surface area (Å²) in [5.41, 5.74) is 7.06. The minimum absolute atomic E-state index is 0.304. The minimum atomic E-state index is 0.304. The molecule has 1 saturated carbocycles. The van der Waals surface area contributed by atoms with E-state index in [9.17, 15) is 0 Å². The number of nitrogens with zero attached hydrogens (tertiary/aromatic N) is 1. The lowest BCUT2D eigenvalue weighted by molar-refractivity contribution is 0.388. The summed E-state index contributed by atoms with van der Waals surface area (Å²) in [5.74, 6) is 1.94. The number of aryl methyl sites for hydroxylation is 1. The highest BCUT2D eigenvalue weighted by molar-refractivity contribution is 5.26. The maximum absolute atomic E-state index is 5.69.